The van der Waals surface area contributed by atoms with Crippen molar-refractivity contribution in [2.75, 3.05) is 18.0 Å². The number of aliphatic hydroxyl groups is 1. The molecule has 4 nitrogen and oxygen atoms in total. The average molecular weight is 348 g/mol. The zero-order chi connectivity index (χ0) is 17.1. The molecule has 1 amide bonds. The van der Waals surface area contributed by atoms with E-state index in [2.05, 4.69) is 5.32 Å². The molecule has 0 radical (unpaired) electrons. The maximum absolute atomic E-state index is 14.4. The quantitative estimate of drug-likeness (QED) is 0.893. The minimum absolute atomic E-state index is 0.136. The van der Waals surface area contributed by atoms with E-state index in [4.69, 9.17) is 0 Å². The van der Waals surface area contributed by atoms with E-state index in [-0.39, 0.29) is 17.8 Å². The van der Waals surface area contributed by atoms with Crippen LogP contribution in [0.2, 0.25) is 0 Å². The third kappa shape index (κ3) is 3.94. The topological polar surface area (TPSA) is 52.6 Å². The van der Waals surface area contributed by atoms with Gasteiger partial charge < -0.3 is 15.3 Å². The Morgan fingerprint density at radius 1 is 1.33 bits per heavy atom. The predicted molar refractivity (Wildman–Crippen MR) is 94.1 cm³/mol. The lowest BCUT2D eigenvalue weighted by molar-refractivity contribution is 0.0955. The Morgan fingerprint density at radius 2 is 2.08 bits per heavy atom. The van der Waals surface area contributed by atoms with Crippen molar-refractivity contribution in [2.24, 2.45) is 0 Å². The maximum Gasteiger partial charge on any atom is 0.261 e. The molecule has 128 valence electrons. The van der Waals surface area contributed by atoms with E-state index >= 15 is 0 Å². The van der Waals surface area contributed by atoms with Crippen LogP contribution in [0.3, 0.4) is 0 Å². The van der Waals surface area contributed by atoms with Crippen molar-refractivity contribution in [1.82, 2.24) is 5.32 Å². The van der Waals surface area contributed by atoms with Crippen molar-refractivity contribution in [3.05, 3.63) is 51.5 Å². The molecule has 1 fully saturated rings. The maximum atomic E-state index is 14.4. The van der Waals surface area contributed by atoms with Gasteiger partial charge in [-0.25, -0.2) is 4.39 Å². The Balaban J connectivity index is 1.61. The molecule has 1 aromatic carbocycles. The molecule has 0 aliphatic carbocycles. The highest BCUT2D eigenvalue weighted by Gasteiger charge is 2.19. The van der Waals surface area contributed by atoms with Crippen LogP contribution in [-0.2, 0) is 6.54 Å². The first-order valence-corrected chi connectivity index (χ1v) is 8.90. The largest absolute Gasteiger partial charge is 0.393 e. The highest BCUT2D eigenvalue weighted by atomic mass is 32.1. The number of benzene rings is 1. The number of thiophene rings is 1. The molecular formula is C18H21FN2O2S. The van der Waals surface area contributed by atoms with Gasteiger partial charge in [-0.15, -0.1) is 11.3 Å². The van der Waals surface area contributed by atoms with Crippen LogP contribution in [0.4, 0.5) is 10.1 Å². The molecule has 3 rings (SSSR count). The normalized spacial score (nSPS) is 15.5. The minimum Gasteiger partial charge on any atom is -0.393 e. The summed E-state index contributed by atoms with van der Waals surface area (Å²) in [5.74, 6) is -0.423. The summed E-state index contributed by atoms with van der Waals surface area (Å²) in [6.45, 7) is 3.57. The van der Waals surface area contributed by atoms with E-state index in [1.165, 1.54) is 17.4 Å². The van der Waals surface area contributed by atoms with Crippen LogP contribution in [0.5, 0.6) is 0 Å². The summed E-state index contributed by atoms with van der Waals surface area (Å²) >= 11 is 1.44. The van der Waals surface area contributed by atoms with Gasteiger partial charge in [0, 0.05) is 24.5 Å². The van der Waals surface area contributed by atoms with Crippen LogP contribution in [-0.4, -0.2) is 30.2 Å². The van der Waals surface area contributed by atoms with Gasteiger partial charge in [0.2, 0.25) is 0 Å². The Kier molecular flexibility index (Phi) is 5.16. The molecule has 2 N–H and O–H groups in total. The molecule has 0 spiro atoms. The van der Waals surface area contributed by atoms with Crippen LogP contribution in [0, 0.1) is 12.7 Å². The fourth-order valence-electron chi connectivity index (χ4n) is 2.85. The number of rotatable bonds is 4. The molecule has 1 saturated heterocycles. The zero-order valence-corrected chi connectivity index (χ0v) is 14.4. The first kappa shape index (κ1) is 16.9. The van der Waals surface area contributed by atoms with E-state index in [0.717, 1.165) is 10.4 Å². The van der Waals surface area contributed by atoms with Gasteiger partial charge in [-0.1, -0.05) is 6.07 Å². The van der Waals surface area contributed by atoms with Gasteiger partial charge >= 0.3 is 0 Å². The van der Waals surface area contributed by atoms with Crippen LogP contribution in [0.1, 0.15) is 33.0 Å². The van der Waals surface area contributed by atoms with E-state index < -0.39 is 0 Å². The second-order valence-corrected chi connectivity index (χ2v) is 7.38. The fourth-order valence-corrected chi connectivity index (χ4v) is 3.63. The molecule has 2 heterocycles. The number of amides is 1. The van der Waals surface area contributed by atoms with Crippen molar-refractivity contribution in [3.63, 3.8) is 0 Å². The number of hydrogen-bond donors (Lipinski definition) is 2. The van der Waals surface area contributed by atoms with Gasteiger partial charge in [-0.3, -0.25) is 4.79 Å². The number of carbonyl (C=O) groups is 1. The number of halogens is 1. The zero-order valence-electron chi connectivity index (χ0n) is 13.6. The molecular weight excluding hydrogens is 327 g/mol. The second kappa shape index (κ2) is 7.32. The Morgan fingerprint density at radius 3 is 2.71 bits per heavy atom. The SMILES string of the molecule is Cc1ccc(C(=O)NCc2ccc(N3CCC(O)CC3)c(F)c2)s1. The second-order valence-electron chi connectivity index (χ2n) is 6.10. The van der Waals surface area contributed by atoms with E-state index in [1.54, 1.807) is 12.1 Å². The smallest absolute Gasteiger partial charge is 0.261 e. The van der Waals surface area contributed by atoms with Gasteiger partial charge in [-0.2, -0.15) is 0 Å². The van der Waals surface area contributed by atoms with Gasteiger partial charge in [0.15, 0.2) is 0 Å². The van der Waals surface area contributed by atoms with E-state index in [0.29, 0.717) is 43.0 Å². The summed E-state index contributed by atoms with van der Waals surface area (Å²) in [5, 5.41) is 12.4. The number of nitrogens with zero attached hydrogens (tertiary/aromatic N) is 1. The number of piperidine rings is 1. The third-order valence-electron chi connectivity index (χ3n) is 4.23. The van der Waals surface area contributed by atoms with Gasteiger partial charge in [0.25, 0.3) is 5.91 Å². The van der Waals surface area contributed by atoms with Gasteiger partial charge in [0.05, 0.1) is 16.7 Å². The first-order valence-electron chi connectivity index (χ1n) is 8.09. The standard InChI is InChI=1S/C18H21FN2O2S/c1-12-2-5-17(24-12)18(23)20-11-13-3-4-16(15(19)10-13)21-8-6-14(22)7-9-21/h2-5,10,14,22H,6-9,11H2,1H3,(H,20,23). The molecule has 24 heavy (non-hydrogen) atoms. The number of carbonyl (C=O) groups excluding carboxylic acids is 1. The molecule has 0 atom stereocenters. The third-order valence-corrected chi connectivity index (χ3v) is 5.23. The summed E-state index contributed by atoms with van der Waals surface area (Å²) in [5.41, 5.74) is 1.29. The molecule has 1 aliphatic heterocycles. The average Bonchev–Trinajstić information content (AvgIpc) is 3.00. The van der Waals surface area contributed by atoms with Crippen molar-refractivity contribution < 1.29 is 14.3 Å². The van der Waals surface area contributed by atoms with Crippen molar-refractivity contribution >= 4 is 22.9 Å². The summed E-state index contributed by atoms with van der Waals surface area (Å²) < 4.78 is 14.4. The number of aliphatic hydroxyl groups excluding tert-OH is 1. The molecule has 0 unspecified atom stereocenters. The predicted octanol–water partition coefficient (Wildman–Crippen LogP) is 3.09. The van der Waals surface area contributed by atoms with Gasteiger partial charge in [-0.05, 0) is 49.6 Å². The van der Waals surface area contributed by atoms with Crippen LogP contribution in [0.25, 0.3) is 0 Å². The number of hydrogen-bond acceptors (Lipinski definition) is 4. The van der Waals surface area contributed by atoms with Crippen molar-refractivity contribution in [2.45, 2.75) is 32.4 Å². The molecule has 0 bridgehead atoms. The first-order chi connectivity index (χ1) is 11.5. The summed E-state index contributed by atoms with van der Waals surface area (Å²) in [4.78, 5) is 15.7. The molecule has 0 saturated carbocycles. The number of anilines is 1. The molecule has 1 aliphatic rings. The number of nitrogens with one attached hydrogen (secondary N) is 1. The highest BCUT2D eigenvalue weighted by Crippen LogP contribution is 2.24. The molecule has 2 aromatic rings. The highest BCUT2D eigenvalue weighted by molar-refractivity contribution is 7.13. The fraction of sp³-hybridized carbons (Fsp3) is 0.389. The summed E-state index contributed by atoms with van der Waals surface area (Å²) in [7, 11) is 0. The Labute approximate surface area is 144 Å². The van der Waals surface area contributed by atoms with Crippen LogP contribution < -0.4 is 10.2 Å². The number of aryl methyl sites for hydroxylation is 1. The minimum atomic E-state index is -0.287. The van der Waals surface area contributed by atoms with Crippen molar-refractivity contribution in [3.8, 4) is 0 Å². The van der Waals surface area contributed by atoms with Crippen LogP contribution >= 0.6 is 11.3 Å². The van der Waals surface area contributed by atoms with Gasteiger partial charge in [0.1, 0.15) is 5.82 Å². The molecule has 1 aromatic heterocycles. The Hall–Kier alpha value is -1.92. The Bertz CT molecular complexity index is 724. The monoisotopic (exact) mass is 348 g/mol. The molecule has 6 heteroatoms. The lowest BCUT2D eigenvalue weighted by Gasteiger charge is -2.31. The lowest BCUT2D eigenvalue weighted by Crippen LogP contribution is -2.36. The van der Waals surface area contributed by atoms with E-state index in [1.807, 2.05) is 24.0 Å². The van der Waals surface area contributed by atoms with E-state index in [9.17, 15) is 14.3 Å². The summed E-state index contributed by atoms with van der Waals surface area (Å²) in [6, 6.07) is 8.76. The lowest BCUT2D eigenvalue weighted by atomic mass is 10.1. The summed E-state index contributed by atoms with van der Waals surface area (Å²) in [6.07, 6.45) is 1.05. The van der Waals surface area contributed by atoms with Crippen molar-refractivity contribution in [1.29, 1.82) is 0 Å². The van der Waals surface area contributed by atoms with Crippen LogP contribution in [0.15, 0.2) is 30.3 Å².